The molecule has 1 saturated heterocycles. The minimum Gasteiger partial charge on any atom is -0.493 e. The topological polar surface area (TPSA) is 191 Å². The smallest absolute Gasteiger partial charge is 0.493 e. The standard InChI is InChI=1S/C35H45N5O10/c1-19(47-32(44)50-33(2,3)4)30(42)37-13-10-26(41)39-22(16-21-17-36-18-38-21)31(43)48-24-9-11-35(45)25-15-20-7-8-23(46-6)28-27(20)34(35,29(24)49-28)12-14-40(25)5/h7-9,17-19,22,25,29,45H,10-16H2,1-6H3,(H,36,38)(H,37,42)(H,39,41)/t19-,22-,25-,29-,34-,35+/m0/s1. The van der Waals surface area contributed by atoms with Gasteiger partial charge in [0, 0.05) is 49.3 Å². The number of likely N-dealkylation sites (tertiary alicyclic amines) is 1. The Balaban J connectivity index is 1.15. The highest BCUT2D eigenvalue weighted by Crippen LogP contribution is 2.65. The zero-order valence-corrected chi connectivity index (χ0v) is 29.2. The summed E-state index contributed by atoms with van der Waals surface area (Å²) in [6.07, 6.45) is 3.15. The summed E-state index contributed by atoms with van der Waals surface area (Å²) in [6.45, 7) is 7.03. The molecule has 1 fully saturated rings. The molecule has 15 heteroatoms. The van der Waals surface area contributed by atoms with Gasteiger partial charge in [0.15, 0.2) is 23.7 Å². The van der Waals surface area contributed by atoms with E-state index in [0.29, 0.717) is 36.6 Å². The van der Waals surface area contributed by atoms with Crippen LogP contribution in [0, 0.1) is 0 Å². The Morgan fingerprint density at radius 3 is 2.72 bits per heavy atom. The Labute approximate surface area is 290 Å². The number of aromatic amines is 1. The molecule has 2 bridgehead atoms. The van der Waals surface area contributed by atoms with Gasteiger partial charge in [-0.2, -0.15) is 0 Å². The number of amides is 2. The van der Waals surface area contributed by atoms with Crippen molar-refractivity contribution < 1.29 is 48.0 Å². The SMILES string of the molecule is COc1ccc2c3c1O[C@H]1C(OC(=O)[C@H](Cc4cnc[nH]4)NC(=O)CCNC(=O)[C@H](C)OC(=O)OC(C)(C)C)=CC[C@@]4(O)[C@H](C2)N(C)CC[C@]314. The summed E-state index contributed by atoms with van der Waals surface area (Å²) in [5.74, 6) is -0.504. The van der Waals surface area contributed by atoms with Crippen LogP contribution in [0.2, 0.25) is 0 Å². The van der Waals surface area contributed by atoms with E-state index in [0.717, 1.165) is 11.1 Å². The third kappa shape index (κ3) is 6.28. The van der Waals surface area contributed by atoms with Gasteiger partial charge >= 0.3 is 12.1 Å². The molecule has 2 amide bonds. The molecule has 0 unspecified atom stereocenters. The fourth-order valence-electron chi connectivity index (χ4n) is 7.77. The van der Waals surface area contributed by atoms with Crippen LogP contribution in [0.25, 0.3) is 0 Å². The molecule has 2 aliphatic carbocycles. The summed E-state index contributed by atoms with van der Waals surface area (Å²) in [4.78, 5) is 60.5. The predicted octanol–water partition coefficient (Wildman–Crippen LogP) is 1.81. The Morgan fingerprint density at radius 1 is 1.24 bits per heavy atom. The highest BCUT2D eigenvalue weighted by Gasteiger charge is 2.72. The van der Waals surface area contributed by atoms with Gasteiger partial charge in [-0.3, -0.25) is 9.59 Å². The molecule has 3 heterocycles. The summed E-state index contributed by atoms with van der Waals surface area (Å²) in [5, 5.41) is 17.7. The van der Waals surface area contributed by atoms with E-state index in [1.807, 2.05) is 19.2 Å². The summed E-state index contributed by atoms with van der Waals surface area (Å²) in [7, 11) is 3.58. The number of aromatic nitrogens is 2. The van der Waals surface area contributed by atoms with Crippen molar-refractivity contribution in [1.82, 2.24) is 25.5 Å². The van der Waals surface area contributed by atoms with Crippen LogP contribution in [0.4, 0.5) is 4.79 Å². The van der Waals surface area contributed by atoms with Crippen LogP contribution < -0.4 is 20.1 Å². The average Bonchev–Trinajstić information content (AvgIpc) is 3.68. The van der Waals surface area contributed by atoms with Crippen molar-refractivity contribution in [2.75, 3.05) is 27.2 Å². The molecule has 2 aromatic rings. The van der Waals surface area contributed by atoms with Crippen LogP contribution in [-0.2, 0) is 46.9 Å². The van der Waals surface area contributed by atoms with Gasteiger partial charge in [-0.05, 0) is 71.8 Å². The van der Waals surface area contributed by atoms with Crippen LogP contribution in [-0.4, -0.2) is 107 Å². The number of methoxy groups -OCH3 is 1. The molecule has 50 heavy (non-hydrogen) atoms. The second-order valence-electron chi connectivity index (χ2n) is 14.4. The third-order valence-electron chi connectivity index (χ3n) is 10.1. The molecule has 1 aromatic heterocycles. The Morgan fingerprint density at radius 2 is 2.02 bits per heavy atom. The molecule has 2 aliphatic heterocycles. The number of likely N-dealkylation sites (N-methyl/N-ethyl adjacent to an activating group) is 1. The minimum absolute atomic E-state index is 0.0522. The van der Waals surface area contributed by atoms with E-state index in [4.69, 9.17) is 23.7 Å². The third-order valence-corrected chi connectivity index (χ3v) is 10.1. The van der Waals surface area contributed by atoms with Crippen molar-refractivity contribution in [3.63, 3.8) is 0 Å². The van der Waals surface area contributed by atoms with E-state index in [1.165, 1.54) is 13.3 Å². The van der Waals surface area contributed by atoms with Crippen molar-refractivity contribution in [1.29, 1.82) is 0 Å². The highest BCUT2D eigenvalue weighted by atomic mass is 16.7. The Hall–Kier alpha value is -4.63. The zero-order valence-electron chi connectivity index (χ0n) is 29.2. The van der Waals surface area contributed by atoms with Crippen LogP contribution >= 0.6 is 0 Å². The van der Waals surface area contributed by atoms with Gasteiger partial charge in [-0.15, -0.1) is 0 Å². The zero-order chi connectivity index (χ0) is 36.0. The molecule has 1 aromatic carbocycles. The van der Waals surface area contributed by atoms with Crippen LogP contribution in [0.1, 0.15) is 63.8 Å². The largest absolute Gasteiger partial charge is 0.509 e. The number of aliphatic hydroxyl groups is 1. The van der Waals surface area contributed by atoms with E-state index in [1.54, 1.807) is 40.2 Å². The molecule has 6 atom stereocenters. The Bertz CT molecular complexity index is 1690. The van der Waals surface area contributed by atoms with Crippen molar-refractivity contribution >= 4 is 23.9 Å². The summed E-state index contributed by atoms with van der Waals surface area (Å²) >= 11 is 0. The number of imidazole rings is 1. The van der Waals surface area contributed by atoms with Crippen LogP contribution in [0.5, 0.6) is 11.5 Å². The first kappa shape index (κ1) is 35.2. The fourth-order valence-corrected chi connectivity index (χ4v) is 7.77. The number of H-pyrrole nitrogens is 1. The summed E-state index contributed by atoms with van der Waals surface area (Å²) in [6, 6.07) is 2.60. The number of ether oxygens (including phenoxy) is 5. The first-order chi connectivity index (χ1) is 23.7. The monoisotopic (exact) mass is 695 g/mol. The van der Waals surface area contributed by atoms with E-state index in [9.17, 15) is 24.3 Å². The van der Waals surface area contributed by atoms with E-state index in [-0.39, 0.29) is 37.6 Å². The number of hydrogen-bond acceptors (Lipinski definition) is 12. The van der Waals surface area contributed by atoms with Crippen molar-refractivity contribution in [3.05, 3.63) is 53.3 Å². The van der Waals surface area contributed by atoms with E-state index >= 15 is 0 Å². The van der Waals surface area contributed by atoms with Gasteiger partial charge in [0.05, 0.1) is 24.5 Å². The van der Waals surface area contributed by atoms with E-state index in [2.05, 4.69) is 25.5 Å². The van der Waals surface area contributed by atoms with Crippen molar-refractivity contribution in [3.8, 4) is 11.5 Å². The van der Waals surface area contributed by atoms with E-state index < -0.39 is 58.8 Å². The number of nitrogens with zero attached hydrogens (tertiary/aromatic N) is 2. The van der Waals surface area contributed by atoms with Gasteiger partial charge in [0.2, 0.25) is 5.91 Å². The number of nitrogens with one attached hydrogen (secondary N) is 3. The molecule has 270 valence electrons. The van der Waals surface area contributed by atoms with Crippen LogP contribution in [0.15, 0.2) is 36.5 Å². The second kappa shape index (κ2) is 13.2. The quantitative estimate of drug-likeness (QED) is 0.250. The lowest BCUT2D eigenvalue weighted by atomic mass is 9.50. The fraction of sp³-hybridized carbons (Fsp3) is 0.571. The average molecular weight is 696 g/mol. The maximum absolute atomic E-state index is 13.9. The number of esters is 1. The van der Waals surface area contributed by atoms with Gasteiger partial charge < -0.3 is 49.3 Å². The first-order valence-electron chi connectivity index (χ1n) is 16.8. The molecule has 1 spiro atoms. The molecule has 15 nitrogen and oxygen atoms in total. The van der Waals surface area contributed by atoms with Gasteiger partial charge in [0.25, 0.3) is 5.91 Å². The maximum atomic E-state index is 13.9. The van der Waals surface area contributed by atoms with Gasteiger partial charge in [0.1, 0.15) is 17.4 Å². The van der Waals surface area contributed by atoms with Crippen LogP contribution in [0.3, 0.4) is 0 Å². The molecule has 6 rings (SSSR count). The molecular formula is C35H45N5O10. The predicted molar refractivity (Wildman–Crippen MR) is 176 cm³/mol. The normalized spacial score (nSPS) is 25.9. The number of hydrogen-bond donors (Lipinski definition) is 4. The summed E-state index contributed by atoms with van der Waals surface area (Å²) < 4.78 is 28.4. The highest BCUT2D eigenvalue weighted by molar-refractivity contribution is 5.86. The number of piperidine rings is 1. The first-order valence-corrected chi connectivity index (χ1v) is 16.8. The van der Waals surface area contributed by atoms with Gasteiger partial charge in [-0.1, -0.05) is 6.07 Å². The lowest BCUT2D eigenvalue weighted by molar-refractivity contribution is -0.170. The van der Waals surface area contributed by atoms with Crippen molar-refractivity contribution in [2.24, 2.45) is 0 Å². The van der Waals surface area contributed by atoms with Gasteiger partial charge in [-0.25, -0.2) is 14.6 Å². The lowest BCUT2D eigenvalue weighted by Crippen LogP contribution is -2.74. The second-order valence-corrected chi connectivity index (χ2v) is 14.4. The molecule has 0 saturated carbocycles. The number of benzene rings is 1. The summed E-state index contributed by atoms with van der Waals surface area (Å²) in [5.41, 5.74) is -0.257. The molecule has 0 radical (unpaired) electrons. The Kier molecular flexibility index (Phi) is 9.33. The number of carbonyl (C=O) groups is 4. The molecule has 4 aliphatic rings. The lowest BCUT2D eigenvalue weighted by Gasteiger charge is -2.61. The molecule has 4 N–H and O–H groups in total. The number of rotatable bonds is 11. The number of carbonyl (C=O) groups excluding carboxylic acids is 4. The van der Waals surface area contributed by atoms with Crippen molar-refractivity contribution in [2.45, 2.75) is 101 Å². The molecular weight excluding hydrogens is 650 g/mol. The minimum atomic E-state index is -1.17. The maximum Gasteiger partial charge on any atom is 0.509 e.